The van der Waals surface area contributed by atoms with Gasteiger partial charge in [-0.15, -0.1) is 0 Å². The van der Waals surface area contributed by atoms with Gasteiger partial charge in [-0.25, -0.2) is 4.68 Å². The van der Waals surface area contributed by atoms with Crippen LogP contribution in [0.15, 0.2) is 11.0 Å². The predicted octanol–water partition coefficient (Wildman–Crippen LogP) is 3.30. The van der Waals surface area contributed by atoms with Gasteiger partial charge in [0.1, 0.15) is 5.02 Å². The molecule has 1 heterocycles. The molecule has 0 unspecified atom stereocenters. The van der Waals surface area contributed by atoms with Crippen LogP contribution in [-0.2, 0) is 6.54 Å². The van der Waals surface area contributed by atoms with E-state index in [1.54, 1.807) is 6.20 Å². The van der Waals surface area contributed by atoms with Gasteiger partial charge in [0.2, 0.25) is 0 Å². The van der Waals surface area contributed by atoms with Gasteiger partial charge in [0.05, 0.1) is 11.9 Å². The molecule has 2 aliphatic carbocycles. The molecule has 2 saturated carbocycles. The molecule has 0 aliphatic heterocycles. The fraction of sp³-hybridized carbons (Fsp3) is 0.733. The molecule has 2 aliphatic rings. The molecule has 2 fully saturated rings. The zero-order chi connectivity index (χ0) is 14.2. The third-order valence-electron chi connectivity index (χ3n) is 4.67. The van der Waals surface area contributed by atoms with E-state index in [0.29, 0.717) is 17.6 Å². The highest BCUT2D eigenvalue weighted by molar-refractivity contribution is 6.32. The van der Waals surface area contributed by atoms with Crippen molar-refractivity contribution in [1.82, 2.24) is 9.78 Å². The maximum atomic E-state index is 12.1. The Morgan fingerprint density at radius 1 is 1.50 bits per heavy atom. The topological polar surface area (TPSA) is 46.9 Å². The number of hydrogen-bond donors (Lipinski definition) is 1. The maximum absolute atomic E-state index is 12.1. The van der Waals surface area contributed by atoms with Gasteiger partial charge in [-0.3, -0.25) is 4.79 Å². The standard InChI is InChI=1S/C15H22ClN3O/c1-2-3-8-19-14(20)13(16)12(9-18-19)17-10-15(6-7-15)11-4-5-11/h9,11,17H,2-8,10H2,1H3. The number of hydrogen-bond acceptors (Lipinski definition) is 3. The van der Waals surface area contributed by atoms with Crippen LogP contribution >= 0.6 is 11.6 Å². The van der Waals surface area contributed by atoms with E-state index >= 15 is 0 Å². The largest absolute Gasteiger partial charge is 0.382 e. The lowest BCUT2D eigenvalue weighted by molar-refractivity contribution is 0.466. The zero-order valence-corrected chi connectivity index (χ0v) is 12.7. The Hall–Kier alpha value is -1.03. The number of nitrogens with zero attached hydrogens (tertiary/aromatic N) is 2. The number of aryl methyl sites for hydroxylation is 1. The number of nitrogens with one attached hydrogen (secondary N) is 1. The van der Waals surface area contributed by atoms with Crippen LogP contribution in [0.1, 0.15) is 45.4 Å². The minimum absolute atomic E-state index is 0.179. The summed E-state index contributed by atoms with van der Waals surface area (Å²) in [4.78, 5) is 12.1. The molecule has 1 N–H and O–H groups in total. The van der Waals surface area contributed by atoms with Gasteiger partial charge in [-0.1, -0.05) is 24.9 Å². The highest BCUT2D eigenvalue weighted by Gasteiger charge is 2.53. The van der Waals surface area contributed by atoms with Crippen LogP contribution < -0.4 is 10.9 Å². The molecule has 0 saturated heterocycles. The van der Waals surface area contributed by atoms with Crippen LogP contribution in [0.25, 0.3) is 0 Å². The summed E-state index contributed by atoms with van der Waals surface area (Å²) in [5.41, 5.74) is 0.998. The first kappa shape index (κ1) is 13.9. The molecule has 0 bridgehead atoms. The summed E-state index contributed by atoms with van der Waals surface area (Å²) in [5.74, 6) is 0.895. The second kappa shape index (κ2) is 5.40. The lowest BCUT2D eigenvalue weighted by Crippen LogP contribution is -2.25. The summed E-state index contributed by atoms with van der Waals surface area (Å²) in [6, 6.07) is 0. The molecular weight excluding hydrogens is 274 g/mol. The van der Waals surface area contributed by atoms with Gasteiger partial charge in [0.25, 0.3) is 5.56 Å². The molecule has 20 heavy (non-hydrogen) atoms. The first-order chi connectivity index (χ1) is 9.66. The summed E-state index contributed by atoms with van der Waals surface area (Å²) in [6.45, 7) is 3.66. The first-order valence-electron chi connectivity index (χ1n) is 7.66. The van der Waals surface area contributed by atoms with E-state index in [0.717, 1.165) is 25.3 Å². The molecule has 0 radical (unpaired) electrons. The molecule has 4 nitrogen and oxygen atoms in total. The van der Waals surface area contributed by atoms with Gasteiger partial charge >= 0.3 is 0 Å². The smallest absolute Gasteiger partial charge is 0.287 e. The van der Waals surface area contributed by atoms with Crippen LogP contribution in [0, 0.1) is 11.3 Å². The first-order valence-corrected chi connectivity index (χ1v) is 8.03. The third-order valence-corrected chi connectivity index (χ3v) is 5.04. The maximum Gasteiger partial charge on any atom is 0.287 e. The van der Waals surface area contributed by atoms with Gasteiger partial charge in [0, 0.05) is 13.1 Å². The summed E-state index contributed by atoms with van der Waals surface area (Å²) < 4.78 is 1.46. The zero-order valence-electron chi connectivity index (χ0n) is 12.0. The van der Waals surface area contributed by atoms with Crippen molar-refractivity contribution in [1.29, 1.82) is 0 Å². The Balaban J connectivity index is 1.67. The Bertz CT molecular complexity index is 547. The van der Waals surface area contributed by atoms with E-state index in [4.69, 9.17) is 11.6 Å². The van der Waals surface area contributed by atoms with Gasteiger partial charge < -0.3 is 5.32 Å². The number of rotatable bonds is 7. The second-order valence-electron chi connectivity index (χ2n) is 6.24. The van der Waals surface area contributed by atoms with Crippen molar-refractivity contribution in [2.75, 3.05) is 11.9 Å². The highest BCUT2D eigenvalue weighted by atomic mass is 35.5. The predicted molar refractivity (Wildman–Crippen MR) is 81.3 cm³/mol. The average molecular weight is 296 g/mol. The van der Waals surface area contributed by atoms with Crippen molar-refractivity contribution in [2.24, 2.45) is 11.3 Å². The van der Waals surface area contributed by atoms with E-state index in [1.807, 2.05) is 0 Å². The Morgan fingerprint density at radius 2 is 2.25 bits per heavy atom. The van der Waals surface area contributed by atoms with E-state index in [9.17, 15) is 4.79 Å². The normalized spacial score (nSPS) is 19.9. The summed E-state index contributed by atoms with van der Waals surface area (Å²) in [5, 5.41) is 7.85. The fourth-order valence-corrected chi connectivity index (χ4v) is 3.13. The molecule has 0 aromatic carbocycles. The van der Waals surface area contributed by atoms with E-state index < -0.39 is 0 Å². The minimum Gasteiger partial charge on any atom is -0.382 e. The van der Waals surface area contributed by atoms with Gasteiger partial charge in [-0.2, -0.15) is 5.10 Å². The van der Waals surface area contributed by atoms with Crippen LogP contribution in [0.3, 0.4) is 0 Å². The average Bonchev–Trinajstić information content (AvgIpc) is 3.31. The van der Waals surface area contributed by atoms with Crippen LogP contribution in [0.5, 0.6) is 0 Å². The van der Waals surface area contributed by atoms with Crippen molar-refractivity contribution < 1.29 is 0 Å². The monoisotopic (exact) mass is 295 g/mol. The Labute approximate surface area is 124 Å². The van der Waals surface area contributed by atoms with Gasteiger partial charge in [0.15, 0.2) is 0 Å². The molecule has 1 aromatic heterocycles. The van der Waals surface area contributed by atoms with Crippen molar-refractivity contribution >= 4 is 17.3 Å². The number of anilines is 1. The minimum atomic E-state index is -0.179. The lowest BCUT2D eigenvalue weighted by Gasteiger charge is -2.16. The molecule has 3 rings (SSSR count). The van der Waals surface area contributed by atoms with Gasteiger partial charge in [-0.05, 0) is 43.4 Å². The van der Waals surface area contributed by atoms with E-state index in [-0.39, 0.29) is 10.6 Å². The molecular formula is C15H22ClN3O. The number of halogens is 1. The molecule has 5 heteroatoms. The van der Waals surface area contributed by atoms with Crippen molar-refractivity contribution in [3.63, 3.8) is 0 Å². The van der Waals surface area contributed by atoms with Crippen molar-refractivity contribution in [2.45, 2.75) is 52.0 Å². The van der Waals surface area contributed by atoms with Crippen molar-refractivity contribution in [3.05, 3.63) is 21.6 Å². The van der Waals surface area contributed by atoms with E-state index in [2.05, 4.69) is 17.3 Å². The molecule has 110 valence electrons. The Morgan fingerprint density at radius 3 is 2.85 bits per heavy atom. The molecule has 0 atom stereocenters. The summed E-state index contributed by atoms with van der Waals surface area (Å²) >= 11 is 6.19. The SMILES string of the molecule is CCCCn1ncc(NCC2(C3CC3)CC2)c(Cl)c1=O. The third kappa shape index (κ3) is 2.71. The number of unbranched alkanes of at least 4 members (excludes halogenated alkanes) is 1. The highest BCUT2D eigenvalue weighted by Crippen LogP contribution is 2.61. The number of aromatic nitrogens is 2. The quantitative estimate of drug-likeness (QED) is 0.839. The van der Waals surface area contributed by atoms with Crippen LogP contribution in [0.4, 0.5) is 5.69 Å². The fourth-order valence-electron chi connectivity index (χ4n) is 2.91. The molecule has 0 spiro atoms. The van der Waals surface area contributed by atoms with Crippen molar-refractivity contribution in [3.8, 4) is 0 Å². The summed E-state index contributed by atoms with van der Waals surface area (Å²) in [7, 11) is 0. The molecule has 1 aromatic rings. The van der Waals surface area contributed by atoms with Crippen LogP contribution in [-0.4, -0.2) is 16.3 Å². The molecule has 0 amide bonds. The van der Waals surface area contributed by atoms with E-state index in [1.165, 1.54) is 30.4 Å². The Kier molecular flexibility index (Phi) is 3.76. The van der Waals surface area contributed by atoms with Crippen LogP contribution in [0.2, 0.25) is 5.02 Å². The second-order valence-corrected chi connectivity index (χ2v) is 6.62. The summed E-state index contributed by atoms with van der Waals surface area (Å²) in [6.07, 6.45) is 9.03. The lowest BCUT2D eigenvalue weighted by atomic mass is 10.0.